The molecule has 0 aromatic carbocycles. The van der Waals surface area contributed by atoms with Crippen LogP contribution in [0.1, 0.15) is 34.5 Å². The van der Waals surface area contributed by atoms with Gasteiger partial charge in [-0.15, -0.1) is 0 Å². The fourth-order valence-electron chi connectivity index (χ4n) is 2.11. The summed E-state index contributed by atoms with van der Waals surface area (Å²) in [5.74, 6) is -0.471. The number of ether oxygens (including phenoxy) is 1. The number of aryl methyl sites for hydroxylation is 2. The Morgan fingerprint density at radius 1 is 1.50 bits per heavy atom. The van der Waals surface area contributed by atoms with Gasteiger partial charge in [-0.3, -0.25) is 4.79 Å². The molecule has 0 unspecified atom stereocenters. The van der Waals surface area contributed by atoms with Crippen LogP contribution in [0.25, 0.3) is 0 Å². The number of rotatable bonds is 5. The number of pyridine rings is 1. The van der Waals surface area contributed by atoms with Crippen molar-refractivity contribution < 1.29 is 14.3 Å². The summed E-state index contributed by atoms with van der Waals surface area (Å²) in [6, 6.07) is 3.64. The van der Waals surface area contributed by atoms with E-state index in [0.717, 1.165) is 30.5 Å². The Bertz CT molecular complexity index is 593. The van der Waals surface area contributed by atoms with Crippen molar-refractivity contribution in [1.82, 2.24) is 4.98 Å². The van der Waals surface area contributed by atoms with Gasteiger partial charge in [-0.2, -0.15) is 5.26 Å². The molecule has 1 aromatic heterocycles. The van der Waals surface area contributed by atoms with E-state index in [1.807, 2.05) is 12.1 Å². The van der Waals surface area contributed by atoms with Crippen LogP contribution in [0.4, 0.5) is 0 Å². The fraction of sp³-hybridized carbons (Fsp3) is 0.429. The van der Waals surface area contributed by atoms with E-state index in [9.17, 15) is 9.59 Å². The molecule has 0 radical (unpaired) electrons. The number of fused-ring (bicyclic) bond motifs is 1. The number of esters is 1. The maximum atomic E-state index is 11.8. The highest BCUT2D eigenvalue weighted by atomic mass is 32.2. The molecule has 0 aliphatic heterocycles. The van der Waals surface area contributed by atoms with Gasteiger partial charge in [-0.1, -0.05) is 11.8 Å². The van der Waals surface area contributed by atoms with Crippen molar-refractivity contribution in [3.05, 3.63) is 22.9 Å². The van der Waals surface area contributed by atoms with Crippen LogP contribution in [0.15, 0.2) is 11.1 Å². The van der Waals surface area contributed by atoms with Gasteiger partial charge >= 0.3 is 5.97 Å². The monoisotopic (exact) mass is 290 g/mol. The second-order valence-corrected chi connectivity index (χ2v) is 5.42. The highest BCUT2D eigenvalue weighted by Crippen LogP contribution is 2.28. The van der Waals surface area contributed by atoms with E-state index < -0.39 is 5.97 Å². The molecule has 20 heavy (non-hydrogen) atoms. The summed E-state index contributed by atoms with van der Waals surface area (Å²) in [5, 5.41) is 8.99. The second-order valence-electron chi connectivity index (χ2n) is 4.45. The maximum Gasteiger partial charge on any atom is 0.340 e. The number of Topliss-reactive ketones (excluding diaryl/α,β-unsaturated/α-hetero) is 1. The van der Waals surface area contributed by atoms with Gasteiger partial charge in [0.2, 0.25) is 0 Å². The van der Waals surface area contributed by atoms with E-state index in [1.165, 1.54) is 18.9 Å². The largest absolute Gasteiger partial charge is 0.465 e. The minimum absolute atomic E-state index is 0.120. The SMILES string of the molecule is COC(=O)c1cc2c(nc1SCC(=O)CC#N)CCC2. The van der Waals surface area contributed by atoms with Crippen LogP contribution in [0.3, 0.4) is 0 Å². The lowest BCUT2D eigenvalue weighted by Gasteiger charge is -2.09. The molecule has 0 amide bonds. The molecule has 0 saturated carbocycles. The number of hydrogen-bond donors (Lipinski definition) is 0. The average Bonchev–Trinajstić information content (AvgIpc) is 2.90. The predicted octanol–water partition coefficient (Wildman–Crippen LogP) is 1.93. The number of nitrogens with zero attached hydrogens (tertiary/aromatic N) is 2. The molecule has 1 heterocycles. The average molecular weight is 290 g/mol. The molecule has 0 fully saturated rings. The van der Waals surface area contributed by atoms with Crippen molar-refractivity contribution in [2.24, 2.45) is 0 Å². The summed E-state index contributed by atoms with van der Waals surface area (Å²) in [4.78, 5) is 27.7. The lowest BCUT2D eigenvalue weighted by molar-refractivity contribution is -0.115. The molecule has 1 aromatic rings. The van der Waals surface area contributed by atoms with Gasteiger partial charge in [0, 0.05) is 5.69 Å². The molecule has 6 heteroatoms. The number of aromatic nitrogens is 1. The third kappa shape index (κ3) is 3.17. The standard InChI is InChI=1S/C14H14N2O3S/c1-19-14(18)11-7-9-3-2-4-12(9)16-13(11)20-8-10(17)5-6-15/h7H,2-5,8H2,1H3. The van der Waals surface area contributed by atoms with Crippen molar-refractivity contribution in [2.45, 2.75) is 30.7 Å². The van der Waals surface area contributed by atoms with Crippen LogP contribution in [-0.4, -0.2) is 29.6 Å². The normalized spacial score (nSPS) is 12.6. The molecule has 0 atom stereocenters. The number of ketones is 1. The molecule has 0 bridgehead atoms. The van der Waals surface area contributed by atoms with Gasteiger partial charge in [0.05, 0.1) is 30.9 Å². The highest BCUT2D eigenvalue weighted by Gasteiger charge is 2.21. The van der Waals surface area contributed by atoms with Crippen LogP contribution in [0.5, 0.6) is 0 Å². The first-order valence-electron chi connectivity index (χ1n) is 6.28. The zero-order valence-corrected chi connectivity index (χ0v) is 12.0. The van der Waals surface area contributed by atoms with Gasteiger partial charge in [0.1, 0.15) is 5.03 Å². The summed E-state index contributed by atoms with van der Waals surface area (Å²) in [5.41, 5.74) is 2.48. The molecule has 2 rings (SSSR count). The Kier molecular flexibility index (Phi) is 4.74. The Morgan fingerprint density at radius 3 is 3.00 bits per heavy atom. The van der Waals surface area contributed by atoms with Gasteiger partial charge in [0.25, 0.3) is 0 Å². The van der Waals surface area contributed by atoms with E-state index >= 15 is 0 Å². The fourth-order valence-corrected chi connectivity index (χ4v) is 2.98. The van der Waals surface area contributed by atoms with Gasteiger partial charge in [-0.05, 0) is 30.9 Å². The Labute approximate surface area is 121 Å². The Balaban J connectivity index is 2.24. The molecule has 0 spiro atoms. The first-order chi connectivity index (χ1) is 9.65. The summed E-state index contributed by atoms with van der Waals surface area (Å²) >= 11 is 1.19. The predicted molar refractivity (Wildman–Crippen MR) is 73.6 cm³/mol. The van der Waals surface area contributed by atoms with Crippen molar-refractivity contribution in [1.29, 1.82) is 5.26 Å². The Morgan fingerprint density at radius 2 is 2.30 bits per heavy atom. The third-order valence-corrected chi connectivity index (χ3v) is 4.12. The number of carbonyl (C=O) groups excluding carboxylic acids is 2. The van der Waals surface area contributed by atoms with E-state index in [0.29, 0.717) is 10.6 Å². The maximum absolute atomic E-state index is 11.8. The molecule has 1 aliphatic rings. The van der Waals surface area contributed by atoms with Crippen LogP contribution >= 0.6 is 11.8 Å². The summed E-state index contributed by atoms with van der Waals surface area (Å²) in [6.07, 6.45) is 2.73. The Hall–Kier alpha value is -1.87. The third-order valence-electron chi connectivity index (χ3n) is 3.07. The van der Waals surface area contributed by atoms with E-state index in [4.69, 9.17) is 10.00 Å². The smallest absolute Gasteiger partial charge is 0.340 e. The molecule has 5 nitrogen and oxygen atoms in total. The zero-order valence-electron chi connectivity index (χ0n) is 11.1. The number of thioether (sulfide) groups is 1. The first-order valence-corrected chi connectivity index (χ1v) is 7.26. The van der Waals surface area contributed by atoms with Crippen LogP contribution in [-0.2, 0) is 22.4 Å². The molecule has 104 valence electrons. The van der Waals surface area contributed by atoms with Gasteiger partial charge in [-0.25, -0.2) is 9.78 Å². The van der Waals surface area contributed by atoms with E-state index in [1.54, 1.807) is 0 Å². The highest BCUT2D eigenvalue weighted by molar-refractivity contribution is 8.00. The number of hydrogen-bond acceptors (Lipinski definition) is 6. The first kappa shape index (κ1) is 14.5. The van der Waals surface area contributed by atoms with Crippen LogP contribution in [0, 0.1) is 11.3 Å². The lowest BCUT2D eigenvalue weighted by atomic mass is 10.1. The van der Waals surface area contributed by atoms with E-state index in [-0.39, 0.29) is 18.0 Å². The summed E-state index contributed by atoms with van der Waals surface area (Å²) in [7, 11) is 1.32. The molecule has 0 N–H and O–H groups in total. The number of carbonyl (C=O) groups is 2. The lowest BCUT2D eigenvalue weighted by Crippen LogP contribution is -2.08. The van der Waals surface area contributed by atoms with Gasteiger partial charge < -0.3 is 4.74 Å². The van der Waals surface area contributed by atoms with Crippen LogP contribution < -0.4 is 0 Å². The number of methoxy groups -OCH3 is 1. The molecular formula is C14H14N2O3S. The second kappa shape index (κ2) is 6.53. The zero-order chi connectivity index (χ0) is 14.5. The summed E-state index contributed by atoms with van der Waals surface area (Å²) < 4.78 is 4.76. The van der Waals surface area contributed by atoms with Crippen molar-refractivity contribution in [2.75, 3.05) is 12.9 Å². The van der Waals surface area contributed by atoms with E-state index in [2.05, 4.69) is 4.98 Å². The summed E-state index contributed by atoms with van der Waals surface area (Å²) in [6.45, 7) is 0. The van der Waals surface area contributed by atoms with Crippen LogP contribution in [0.2, 0.25) is 0 Å². The molecule has 1 aliphatic carbocycles. The van der Waals surface area contributed by atoms with Crippen molar-refractivity contribution >= 4 is 23.5 Å². The van der Waals surface area contributed by atoms with Gasteiger partial charge in [0.15, 0.2) is 5.78 Å². The topological polar surface area (TPSA) is 80.0 Å². The minimum atomic E-state index is -0.442. The quantitative estimate of drug-likeness (QED) is 0.609. The van der Waals surface area contributed by atoms with Crippen molar-refractivity contribution in [3.63, 3.8) is 0 Å². The molecular weight excluding hydrogens is 276 g/mol. The van der Waals surface area contributed by atoms with Crippen molar-refractivity contribution in [3.8, 4) is 6.07 Å². The number of nitriles is 1. The minimum Gasteiger partial charge on any atom is -0.465 e. The molecule has 0 saturated heterocycles.